The Balaban J connectivity index is 2.19. The molecule has 1 aromatic carbocycles. The van der Waals surface area contributed by atoms with E-state index in [2.05, 4.69) is 35.5 Å². The van der Waals surface area contributed by atoms with Gasteiger partial charge in [0.1, 0.15) is 11.6 Å². The van der Waals surface area contributed by atoms with Gasteiger partial charge in [-0.15, -0.1) is 0 Å². The molecule has 1 aromatic heterocycles. The number of hydrogen-bond acceptors (Lipinski definition) is 4. The zero-order chi connectivity index (χ0) is 14.4. The molecule has 0 unspecified atom stereocenters. The summed E-state index contributed by atoms with van der Waals surface area (Å²) in [4.78, 5) is 4.30. The van der Waals surface area contributed by atoms with Crippen molar-refractivity contribution >= 4 is 17.2 Å². The van der Waals surface area contributed by atoms with Crippen LogP contribution in [0.4, 0.5) is 17.2 Å². The molecule has 0 saturated carbocycles. The van der Waals surface area contributed by atoms with Gasteiger partial charge in [0.05, 0.1) is 12.8 Å². The molecule has 0 saturated heterocycles. The van der Waals surface area contributed by atoms with Crippen molar-refractivity contribution in [3.63, 3.8) is 0 Å². The van der Waals surface area contributed by atoms with E-state index in [1.54, 1.807) is 13.3 Å². The molecule has 20 heavy (non-hydrogen) atoms. The third kappa shape index (κ3) is 3.63. The van der Waals surface area contributed by atoms with Crippen LogP contribution in [0.5, 0.6) is 5.75 Å². The van der Waals surface area contributed by atoms with Gasteiger partial charge < -0.3 is 15.4 Å². The number of rotatable bonds is 6. The quantitative estimate of drug-likeness (QED) is 0.834. The summed E-state index contributed by atoms with van der Waals surface area (Å²) < 4.78 is 5.37. The zero-order valence-electron chi connectivity index (χ0n) is 12.2. The highest BCUT2D eigenvalue weighted by atomic mass is 16.5. The first-order valence-electron chi connectivity index (χ1n) is 6.84. The summed E-state index contributed by atoms with van der Waals surface area (Å²) in [6.07, 6.45) is 2.87. The van der Waals surface area contributed by atoms with E-state index in [1.807, 2.05) is 24.3 Å². The summed E-state index contributed by atoms with van der Waals surface area (Å²) in [5.74, 6) is 1.71. The van der Waals surface area contributed by atoms with Crippen molar-refractivity contribution in [3.8, 4) is 5.75 Å². The van der Waals surface area contributed by atoms with E-state index in [9.17, 15) is 0 Å². The number of aryl methyl sites for hydroxylation is 1. The minimum Gasteiger partial charge on any atom is -0.495 e. The van der Waals surface area contributed by atoms with E-state index in [-0.39, 0.29) is 0 Å². The fourth-order valence-corrected chi connectivity index (χ4v) is 1.93. The number of benzene rings is 1. The van der Waals surface area contributed by atoms with E-state index >= 15 is 0 Å². The lowest BCUT2D eigenvalue weighted by molar-refractivity contribution is 0.416. The molecular weight excluding hydrogens is 250 g/mol. The number of nitrogens with zero attached hydrogens (tertiary/aromatic N) is 1. The number of anilines is 3. The Hall–Kier alpha value is -2.23. The van der Waals surface area contributed by atoms with Gasteiger partial charge in [-0.25, -0.2) is 4.98 Å². The molecule has 0 radical (unpaired) electrons. The summed E-state index contributed by atoms with van der Waals surface area (Å²) >= 11 is 0. The highest BCUT2D eigenvalue weighted by Gasteiger charge is 2.04. The molecule has 0 fully saturated rings. The molecule has 0 amide bonds. The van der Waals surface area contributed by atoms with Gasteiger partial charge in [0.15, 0.2) is 0 Å². The lowest BCUT2D eigenvalue weighted by Crippen LogP contribution is -2.02. The Bertz CT molecular complexity index is 569. The summed E-state index contributed by atoms with van der Waals surface area (Å²) in [5.41, 5.74) is 3.13. The maximum atomic E-state index is 5.37. The molecular formula is C16H21N3O. The molecule has 0 aliphatic rings. The predicted molar refractivity (Wildman–Crippen MR) is 84.0 cm³/mol. The monoisotopic (exact) mass is 271 g/mol. The van der Waals surface area contributed by atoms with Crippen molar-refractivity contribution in [2.24, 2.45) is 0 Å². The van der Waals surface area contributed by atoms with E-state index < -0.39 is 0 Å². The van der Waals surface area contributed by atoms with E-state index in [4.69, 9.17) is 4.74 Å². The van der Waals surface area contributed by atoms with Crippen LogP contribution in [0.15, 0.2) is 36.5 Å². The summed E-state index contributed by atoms with van der Waals surface area (Å²) in [5, 5.41) is 6.65. The van der Waals surface area contributed by atoms with Crippen molar-refractivity contribution in [2.75, 3.05) is 24.3 Å². The molecule has 106 valence electrons. The van der Waals surface area contributed by atoms with Crippen molar-refractivity contribution in [1.29, 1.82) is 0 Å². The Morgan fingerprint density at radius 1 is 1.20 bits per heavy atom. The maximum absolute atomic E-state index is 5.37. The standard InChI is InChI=1S/C16H21N3O/c1-4-8-17-16-11-13(7-9-18-16)19-14-10-12(2)5-6-15(14)20-3/h5-7,9-11H,4,8H2,1-3H3,(H2,17,18,19). The molecule has 0 aliphatic carbocycles. The number of hydrogen-bond donors (Lipinski definition) is 2. The minimum absolute atomic E-state index is 0.829. The van der Waals surface area contributed by atoms with Crippen LogP contribution < -0.4 is 15.4 Å². The average molecular weight is 271 g/mol. The summed E-state index contributed by atoms with van der Waals surface area (Å²) in [6, 6.07) is 10.0. The zero-order valence-corrected chi connectivity index (χ0v) is 12.2. The van der Waals surface area contributed by atoms with Gasteiger partial charge in [0.25, 0.3) is 0 Å². The lowest BCUT2D eigenvalue weighted by atomic mass is 10.2. The van der Waals surface area contributed by atoms with Crippen LogP contribution in [0, 0.1) is 6.92 Å². The smallest absolute Gasteiger partial charge is 0.142 e. The number of aromatic nitrogens is 1. The van der Waals surface area contributed by atoms with E-state index in [0.29, 0.717) is 0 Å². The summed E-state index contributed by atoms with van der Waals surface area (Å²) in [7, 11) is 1.68. The van der Waals surface area contributed by atoms with Crippen LogP contribution in [0.2, 0.25) is 0 Å². The van der Waals surface area contributed by atoms with Crippen LogP contribution in [-0.2, 0) is 0 Å². The van der Waals surface area contributed by atoms with Crippen LogP contribution in [0.3, 0.4) is 0 Å². The van der Waals surface area contributed by atoms with Gasteiger partial charge in [-0.1, -0.05) is 13.0 Å². The number of methoxy groups -OCH3 is 1. The van der Waals surface area contributed by atoms with Crippen LogP contribution in [0.1, 0.15) is 18.9 Å². The largest absolute Gasteiger partial charge is 0.495 e. The average Bonchev–Trinajstić information content (AvgIpc) is 2.46. The van der Waals surface area contributed by atoms with Gasteiger partial charge in [-0.05, 0) is 37.1 Å². The fraction of sp³-hybridized carbons (Fsp3) is 0.312. The number of ether oxygens (including phenoxy) is 1. The fourth-order valence-electron chi connectivity index (χ4n) is 1.93. The topological polar surface area (TPSA) is 46.2 Å². The van der Waals surface area contributed by atoms with Gasteiger partial charge in [0.2, 0.25) is 0 Å². The molecule has 0 atom stereocenters. The van der Waals surface area contributed by atoms with Gasteiger partial charge in [-0.3, -0.25) is 0 Å². The molecule has 0 spiro atoms. The van der Waals surface area contributed by atoms with Gasteiger partial charge >= 0.3 is 0 Å². The first-order valence-corrected chi connectivity index (χ1v) is 6.84. The summed E-state index contributed by atoms with van der Waals surface area (Å²) in [6.45, 7) is 5.11. The van der Waals surface area contributed by atoms with E-state index in [0.717, 1.165) is 35.9 Å². The highest BCUT2D eigenvalue weighted by molar-refractivity contribution is 5.68. The second kappa shape index (κ2) is 6.80. The molecule has 0 bridgehead atoms. The van der Waals surface area contributed by atoms with Gasteiger partial charge in [0, 0.05) is 24.5 Å². The Morgan fingerprint density at radius 3 is 2.80 bits per heavy atom. The normalized spacial score (nSPS) is 10.2. The maximum Gasteiger partial charge on any atom is 0.142 e. The Morgan fingerprint density at radius 2 is 2.05 bits per heavy atom. The van der Waals surface area contributed by atoms with Gasteiger partial charge in [-0.2, -0.15) is 0 Å². The number of nitrogens with one attached hydrogen (secondary N) is 2. The molecule has 2 aromatic rings. The molecule has 0 aliphatic heterocycles. The first-order chi connectivity index (χ1) is 9.72. The minimum atomic E-state index is 0.829. The Labute approximate surface area is 120 Å². The van der Waals surface area contributed by atoms with Crippen molar-refractivity contribution in [2.45, 2.75) is 20.3 Å². The van der Waals surface area contributed by atoms with Crippen molar-refractivity contribution < 1.29 is 4.74 Å². The molecule has 4 heteroatoms. The van der Waals surface area contributed by atoms with Crippen molar-refractivity contribution in [1.82, 2.24) is 4.98 Å². The third-order valence-electron chi connectivity index (χ3n) is 2.95. The molecule has 2 N–H and O–H groups in total. The van der Waals surface area contributed by atoms with Crippen LogP contribution >= 0.6 is 0 Å². The molecule has 1 heterocycles. The first kappa shape index (κ1) is 14.2. The Kier molecular flexibility index (Phi) is 4.82. The number of pyridine rings is 1. The van der Waals surface area contributed by atoms with E-state index in [1.165, 1.54) is 5.56 Å². The molecule has 2 rings (SSSR count). The third-order valence-corrected chi connectivity index (χ3v) is 2.95. The van der Waals surface area contributed by atoms with Crippen molar-refractivity contribution in [3.05, 3.63) is 42.1 Å². The van der Waals surface area contributed by atoms with Crippen LogP contribution in [0.25, 0.3) is 0 Å². The SMILES string of the molecule is CCCNc1cc(Nc2cc(C)ccc2OC)ccn1. The lowest BCUT2D eigenvalue weighted by Gasteiger charge is -2.13. The predicted octanol–water partition coefficient (Wildman–Crippen LogP) is 3.96. The second-order valence-corrected chi connectivity index (χ2v) is 4.69. The second-order valence-electron chi connectivity index (χ2n) is 4.69. The highest BCUT2D eigenvalue weighted by Crippen LogP contribution is 2.28. The molecule has 4 nitrogen and oxygen atoms in total. The van der Waals surface area contributed by atoms with Crippen LogP contribution in [-0.4, -0.2) is 18.6 Å².